The van der Waals surface area contributed by atoms with Crippen molar-refractivity contribution in [1.29, 1.82) is 0 Å². The zero-order chi connectivity index (χ0) is 16.2. The summed E-state index contributed by atoms with van der Waals surface area (Å²) in [5.74, 6) is -0.769. The largest absolute Gasteiger partial charge is 0.348 e. The molecule has 0 atom stereocenters. The number of amides is 1. The topological polar surface area (TPSA) is 46.9 Å². The first-order valence-electron chi connectivity index (χ1n) is 6.96. The molecule has 0 aliphatic carbocycles. The fourth-order valence-electron chi connectivity index (χ4n) is 2.14. The lowest BCUT2D eigenvalue weighted by Crippen LogP contribution is -2.23. The maximum absolute atomic E-state index is 13.2. The van der Waals surface area contributed by atoms with Gasteiger partial charge < -0.3 is 5.32 Å². The monoisotopic (exact) mass is 373 g/mol. The number of rotatable bonds is 4. The minimum absolute atomic E-state index is 0.276. The minimum Gasteiger partial charge on any atom is -0.348 e. The second-order valence-corrected chi connectivity index (χ2v) is 5.78. The third-order valence-corrected chi connectivity index (χ3v) is 4.02. The number of carbonyl (C=O) groups is 1. The quantitative estimate of drug-likeness (QED) is 0.757. The first-order chi connectivity index (χ1) is 11.1. The molecule has 3 aromatic rings. The van der Waals surface area contributed by atoms with Crippen LogP contribution in [0.1, 0.15) is 15.9 Å². The van der Waals surface area contributed by atoms with Crippen LogP contribution < -0.4 is 5.32 Å². The summed E-state index contributed by atoms with van der Waals surface area (Å²) < 4.78 is 15.6. The van der Waals surface area contributed by atoms with Gasteiger partial charge in [-0.2, -0.15) is 5.10 Å². The molecule has 0 fully saturated rings. The Labute approximate surface area is 141 Å². The average molecular weight is 374 g/mol. The van der Waals surface area contributed by atoms with Gasteiger partial charge in [-0.3, -0.25) is 4.79 Å². The highest BCUT2D eigenvalue weighted by Crippen LogP contribution is 2.18. The Kier molecular flexibility index (Phi) is 4.52. The molecule has 1 heterocycles. The van der Waals surface area contributed by atoms with E-state index in [0.717, 1.165) is 11.3 Å². The number of nitrogens with zero attached hydrogens (tertiary/aromatic N) is 2. The highest BCUT2D eigenvalue weighted by atomic mass is 79.9. The van der Waals surface area contributed by atoms with Crippen molar-refractivity contribution in [3.63, 3.8) is 0 Å². The van der Waals surface area contributed by atoms with Crippen LogP contribution in [-0.2, 0) is 6.54 Å². The third kappa shape index (κ3) is 3.65. The third-order valence-electron chi connectivity index (χ3n) is 3.33. The van der Waals surface area contributed by atoms with Crippen molar-refractivity contribution < 1.29 is 9.18 Å². The number of halogens is 2. The molecule has 23 heavy (non-hydrogen) atoms. The van der Waals surface area contributed by atoms with Crippen molar-refractivity contribution >= 4 is 21.8 Å². The first kappa shape index (κ1) is 15.4. The summed E-state index contributed by atoms with van der Waals surface area (Å²) in [6.45, 7) is 0.362. The highest BCUT2D eigenvalue weighted by Gasteiger charge is 2.10. The molecule has 0 saturated carbocycles. The van der Waals surface area contributed by atoms with Crippen molar-refractivity contribution in [3.05, 3.63) is 82.3 Å². The van der Waals surface area contributed by atoms with E-state index in [1.165, 1.54) is 18.2 Å². The van der Waals surface area contributed by atoms with Crippen LogP contribution in [-0.4, -0.2) is 15.7 Å². The van der Waals surface area contributed by atoms with Crippen LogP contribution in [0.25, 0.3) is 5.69 Å². The van der Waals surface area contributed by atoms with E-state index in [2.05, 4.69) is 26.3 Å². The predicted octanol–water partition coefficient (Wildman–Crippen LogP) is 3.70. The number of aromatic nitrogens is 2. The normalized spacial score (nSPS) is 10.5. The van der Waals surface area contributed by atoms with Gasteiger partial charge in [0.25, 0.3) is 5.91 Å². The SMILES string of the molecule is O=C(NCc1ccc(-n2cccn2)cc1)c1cc(F)ccc1Br. The van der Waals surface area contributed by atoms with Gasteiger partial charge in [0.1, 0.15) is 5.82 Å². The van der Waals surface area contributed by atoms with Gasteiger partial charge in [0.15, 0.2) is 0 Å². The van der Waals surface area contributed by atoms with E-state index >= 15 is 0 Å². The molecule has 0 aliphatic heterocycles. The van der Waals surface area contributed by atoms with Gasteiger partial charge in [0.2, 0.25) is 0 Å². The van der Waals surface area contributed by atoms with Crippen LogP contribution in [0.2, 0.25) is 0 Å². The number of benzene rings is 2. The van der Waals surface area contributed by atoms with Gasteiger partial charge in [-0.05, 0) is 57.9 Å². The molecular formula is C17H13BrFN3O. The van der Waals surface area contributed by atoms with Crippen LogP contribution >= 0.6 is 15.9 Å². The van der Waals surface area contributed by atoms with E-state index in [1.807, 2.05) is 36.5 Å². The van der Waals surface area contributed by atoms with Gasteiger partial charge in [-0.1, -0.05) is 12.1 Å². The molecule has 1 aromatic heterocycles. The highest BCUT2D eigenvalue weighted by molar-refractivity contribution is 9.10. The Morgan fingerprint density at radius 2 is 2.00 bits per heavy atom. The predicted molar refractivity (Wildman–Crippen MR) is 88.8 cm³/mol. The average Bonchev–Trinajstić information content (AvgIpc) is 3.10. The molecular weight excluding hydrogens is 361 g/mol. The first-order valence-corrected chi connectivity index (χ1v) is 7.75. The summed E-state index contributed by atoms with van der Waals surface area (Å²) >= 11 is 3.25. The molecule has 116 valence electrons. The summed E-state index contributed by atoms with van der Waals surface area (Å²) in [5.41, 5.74) is 2.16. The summed E-state index contributed by atoms with van der Waals surface area (Å²) in [5, 5.41) is 6.93. The molecule has 0 spiro atoms. The van der Waals surface area contributed by atoms with Gasteiger partial charge in [-0.25, -0.2) is 9.07 Å². The molecule has 0 aliphatic rings. The van der Waals surface area contributed by atoms with Crippen molar-refractivity contribution in [2.24, 2.45) is 0 Å². The van der Waals surface area contributed by atoms with Crippen molar-refractivity contribution in [3.8, 4) is 5.69 Å². The summed E-state index contributed by atoms with van der Waals surface area (Å²) in [6.07, 6.45) is 3.57. The number of hydrogen-bond acceptors (Lipinski definition) is 2. The second kappa shape index (κ2) is 6.75. The van der Waals surface area contributed by atoms with Crippen molar-refractivity contribution in [2.45, 2.75) is 6.54 Å². The van der Waals surface area contributed by atoms with Crippen LogP contribution in [0.4, 0.5) is 4.39 Å². The molecule has 0 saturated heterocycles. The van der Waals surface area contributed by atoms with Crippen molar-refractivity contribution in [2.75, 3.05) is 0 Å². The Morgan fingerprint density at radius 1 is 1.22 bits per heavy atom. The standard InChI is InChI=1S/C17H13BrFN3O/c18-16-7-4-13(19)10-15(16)17(23)20-11-12-2-5-14(6-3-12)22-9-1-8-21-22/h1-10H,11H2,(H,20,23). The minimum atomic E-state index is -0.443. The molecule has 0 bridgehead atoms. The fraction of sp³-hybridized carbons (Fsp3) is 0.0588. The van der Waals surface area contributed by atoms with Crippen LogP contribution in [0, 0.1) is 5.82 Å². The lowest BCUT2D eigenvalue weighted by atomic mass is 10.2. The zero-order valence-corrected chi connectivity index (χ0v) is 13.6. The zero-order valence-electron chi connectivity index (χ0n) is 12.0. The van der Waals surface area contributed by atoms with E-state index in [0.29, 0.717) is 11.0 Å². The van der Waals surface area contributed by atoms with Crippen LogP contribution in [0.5, 0.6) is 0 Å². The van der Waals surface area contributed by atoms with Gasteiger partial charge in [0.05, 0.1) is 11.3 Å². The summed E-state index contributed by atoms with van der Waals surface area (Å²) in [6, 6.07) is 13.6. The molecule has 6 heteroatoms. The Balaban J connectivity index is 1.66. The molecule has 1 amide bonds. The summed E-state index contributed by atoms with van der Waals surface area (Å²) in [4.78, 5) is 12.1. The van der Waals surface area contributed by atoms with Crippen LogP contribution in [0.3, 0.4) is 0 Å². The smallest absolute Gasteiger partial charge is 0.252 e. The Hall–Kier alpha value is -2.47. The molecule has 4 nitrogen and oxygen atoms in total. The van der Waals surface area contributed by atoms with Crippen LogP contribution in [0.15, 0.2) is 65.4 Å². The van der Waals surface area contributed by atoms with E-state index < -0.39 is 5.82 Å². The van der Waals surface area contributed by atoms with Gasteiger partial charge in [0, 0.05) is 23.4 Å². The number of nitrogens with one attached hydrogen (secondary N) is 1. The van der Waals surface area contributed by atoms with E-state index in [-0.39, 0.29) is 11.5 Å². The molecule has 0 radical (unpaired) electrons. The molecule has 1 N–H and O–H groups in total. The molecule has 0 unspecified atom stereocenters. The Morgan fingerprint density at radius 3 is 2.70 bits per heavy atom. The summed E-state index contributed by atoms with van der Waals surface area (Å²) in [7, 11) is 0. The number of carbonyl (C=O) groups excluding carboxylic acids is 1. The van der Waals surface area contributed by atoms with Crippen molar-refractivity contribution in [1.82, 2.24) is 15.1 Å². The molecule has 3 rings (SSSR count). The van der Waals surface area contributed by atoms with Gasteiger partial charge >= 0.3 is 0 Å². The fourth-order valence-corrected chi connectivity index (χ4v) is 2.56. The number of hydrogen-bond donors (Lipinski definition) is 1. The van der Waals surface area contributed by atoms with E-state index in [4.69, 9.17) is 0 Å². The lowest BCUT2D eigenvalue weighted by molar-refractivity contribution is 0.0949. The van der Waals surface area contributed by atoms with E-state index in [9.17, 15) is 9.18 Å². The Bertz CT molecular complexity index is 816. The van der Waals surface area contributed by atoms with E-state index in [1.54, 1.807) is 10.9 Å². The maximum atomic E-state index is 13.2. The second-order valence-electron chi connectivity index (χ2n) is 4.92. The maximum Gasteiger partial charge on any atom is 0.252 e. The van der Waals surface area contributed by atoms with Gasteiger partial charge in [-0.15, -0.1) is 0 Å². The molecule has 2 aromatic carbocycles. The lowest BCUT2D eigenvalue weighted by Gasteiger charge is -2.08.